The molecule has 0 N–H and O–H groups in total. The number of carbonyl (C=O) groups is 1. The molecule has 3 rings (SSSR count). The molecule has 1 aliphatic heterocycles. The summed E-state index contributed by atoms with van der Waals surface area (Å²) in [7, 11) is 0. The normalized spacial score (nSPS) is 19.9. The Morgan fingerprint density at radius 1 is 1.35 bits per heavy atom. The van der Waals surface area contributed by atoms with Crippen LogP contribution in [0.3, 0.4) is 0 Å². The quantitative estimate of drug-likeness (QED) is 0.824. The van der Waals surface area contributed by atoms with Gasteiger partial charge in [0.1, 0.15) is 5.76 Å². The molecule has 0 radical (unpaired) electrons. The molecule has 0 bridgehead atoms. The molecular weight excluding hydrogens is 314 g/mol. The van der Waals surface area contributed by atoms with E-state index in [1.54, 1.807) is 18.4 Å². The molecule has 1 aliphatic rings. The lowest BCUT2D eigenvalue weighted by Gasteiger charge is -2.19. The Bertz CT molecular complexity index is 582. The molecule has 1 atom stereocenters. The average Bonchev–Trinajstić information content (AvgIpc) is 3.05. The molecule has 0 saturated carbocycles. The summed E-state index contributed by atoms with van der Waals surface area (Å²) in [6.07, 6.45) is 2.63. The number of hydrogen-bond acceptors (Lipinski definition) is 4. The number of carbonyl (C=O) groups excluding carboxylic acids is 1. The number of nitrogens with zero attached hydrogens (tertiary/aromatic N) is 1. The SMILES string of the molecule is O=C(c1ccc(Cl)s1)N1CCS[C@H](c2ccco2)CC1. The highest BCUT2D eigenvalue weighted by molar-refractivity contribution is 7.99. The first kappa shape index (κ1) is 14.0. The monoisotopic (exact) mass is 327 g/mol. The number of thiophene rings is 1. The van der Waals surface area contributed by atoms with Crippen LogP contribution in [0.2, 0.25) is 4.34 Å². The Hall–Kier alpha value is -0.910. The summed E-state index contributed by atoms with van der Waals surface area (Å²) < 4.78 is 6.13. The van der Waals surface area contributed by atoms with Crippen molar-refractivity contribution >= 4 is 40.6 Å². The summed E-state index contributed by atoms with van der Waals surface area (Å²) in [6.45, 7) is 1.53. The Morgan fingerprint density at radius 2 is 2.25 bits per heavy atom. The van der Waals surface area contributed by atoms with Crippen LogP contribution >= 0.6 is 34.7 Å². The van der Waals surface area contributed by atoms with Crippen molar-refractivity contribution in [2.45, 2.75) is 11.7 Å². The third-order valence-electron chi connectivity index (χ3n) is 3.27. The van der Waals surface area contributed by atoms with Gasteiger partial charge in [-0.3, -0.25) is 4.79 Å². The number of thioether (sulfide) groups is 1. The van der Waals surface area contributed by atoms with Gasteiger partial charge < -0.3 is 9.32 Å². The maximum atomic E-state index is 12.4. The van der Waals surface area contributed by atoms with Gasteiger partial charge in [-0.25, -0.2) is 0 Å². The largest absolute Gasteiger partial charge is 0.468 e. The predicted molar refractivity (Wildman–Crippen MR) is 83.8 cm³/mol. The molecule has 1 saturated heterocycles. The molecule has 3 heterocycles. The standard InChI is InChI=1S/C14H14ClNO2S2/c15-13-4-3-12(20-13)14(17)16-6-5-11(19-9-7-16)10-2-1-8-18-10/h1-4,8,11H,5-7,9H2/t11-/m0/s1. The van der Waals surface area contributed by atoms with Crippen molar-refractivity contribution in [2.75, 3.05) is 18.8 Å². The highest BCUT2D eigenvalue weighted by Gasteiger charge is 2.24. The van der Waals surface area contributed by atoms with E-state index >= 15 is 0 Å². The van der Waals surface area contributed by atoms with Crippen molar-refractivity contribution in [2.24, 2.45) is 0 Å². The number of furan rings is 1. The van der Waals surface area contributed by atoms with Crippen LogP contribution in [0.4, 0.5) is 0 Å². The van der Waals surface area contributed by atoms with E-state index in [0.29, 0.717) is 9.59 Å². The van der Waals surface area contributed by atoms with Gasteiger partial charge in [-0.2, -0.15) is 0 Å². The minimum absolute atomic E-state index is 0.0857. The van der Waals surface area contributed by atoms with Gasteiger partial charge in [0.15, 0.2) is 0 Å². The van der Waals surface area contributed by atoms with E-state index in [1.807, 2.05) is 28.8 Å². The number of amides is 1. The third-order valence-corrected chi connectivity index (χ3v) is 5.78. The smallest absolute Gasteiger partial charge is 0.264 e. The first-order valence-electron chi connectivity index (χ1n) is 6.43. The van der Waals surface area contributed by atoms with Crippen LogP contribution in [-0.2, 0) is 0 Å². The van der Waals surface area contributed by atoms with Gasteiger partial charge in [0, 0.05) is 18.8 Å². The lowest BCUT2D eigenvalue weighted by Crippen LogP contribution is -2.32. The fourth-order valence-electron chi connectivity index (χ4n) is 2.26. The van der Waals surface area contributed by atoms with Gasteiger partial charge in [-0.05, 0) is 30.7 Å². The maximum absolute atomic E-state index is 12.4. The first-order chi connectivity index (χ1) is 9.74. The lowest BCUT2D eigenvalue weighted by molar-refractivity contribution is 0.0771. The maximum Gasteiger partial charge on any atom is 0.264 e. The zero-order valence-corrected chi connectivity index (χ0v) is 13.1. The van der Waals surface area contributed by atoms with Crippen LogP contribution in [0.1, 0.15) is 27.1 Å². The molecule has 0 aromatic carbocycles. The first-order valence-corrected chi connectivity index (χ1v) is 8.68. The Balaban J connectivity index is 1.66. The number of hydrogen-bond donors (Lipinski definition) is 0. The molecule has 6 heteroatoms. The second-order valence-corrected chi connectivity index (χ2v) is 7.59. The van der Waals surface area contributed by atoms with E-state index in [0.717, 1.165) is 35.9 Å². The summed E-state index contributed by atoms with van der Waals surface area (Å²) in [6, 6.07) is 7.50. The molecule has 1 fully saturated rings. The number of halogens is 1. The molecule has 0 aliphatic carbocycles. The van der Waals surface area contributed by atoms with Gasteiger partial charge in [0.05, 0.1) is 20.7 Å². The van der Waals surface area contributed by atoms with Crippen LogP contribution in [0, 0.1) is 0 Å². The van der Waals surface area contributed by atoms with Crippen molar-refractivity contribution < 1.29 is 9.21 Å². The molecular formula is C14H14ClNO2S2. The van der Waals surface area contributed by atoms with Gasteiger partial charge in [0.25, 0.3) is 5.91 Å². The molecule has 3 nitrogen and oxygen atoms in total. The molecule has 0 unspecified atom stereocenters. The molecule has 106 valence electrons. The third kappa shape index (κ3) is 3.05. The highest BCUT2D eigenvalue weighted by atomic mass is 35.5. The fraction of sp³-hybridized carbons (Fsp3) is 0.357. The second kappa shape index (κ2) is 6.24. The zero-order chi connectivity index (χ0) is 13.9. The molecule has 1 amide bonds. The van der Waals surface area contributed by atoms with Crippen LogP contribution in [0.15, 0.2) is 34.9 Å². The second-order valence-electron chi connectivity index (χ2n) is 4.56. The summed E-state index contributed by atoms with van der Waals surface area (Å²) in [4.78, 5) is 15.0. The minimum atomic E-state index is 0.0857. The van der Waals surface area contributed by atoms with Crippen molar-refractivity contribution in [3.8, 4) is 0 Å². The highest BCUT2D eigenvalue weighted by Crippen LogP contribution is 2.35. The van der Waals surface area contributed by atoms with Gasteiger partial charge in [0.2, 0.25) is 0 Å². The van der Waals surface area contributed by atoms with Crippen molar-refractivity contribution in [3.05, 3.63) is 45.5 Å². The van der Waals surface area contributed by atoms with Crippen LogP contribution in [-0.4, -0.2) is 29.6 Å². The van der Waals surface area contributed by atoms with Crippen molar-refractivity contribution in [1.82, 2.24) is 4.90 Å². The van der Waals surface area contributed by atoms with Crippen LogP contribution in [0.25, 0.3) is 0 Å². The fourth-order valence-corrected chi connectivity index (χ4v) is 4.45. The van der Waals surface area contributed by atoms with Gasteiger partial charge in [-0.1, -0.05) is 11.6 Å². The van der Waals surface area contributed by atoms with E-state index in [-0.39, 0.29) is 5.91 Å². The van der Waals surface area contributed by atoms with Crippen LogP contribution in [0.5, 0.6) is 0 Å². The molecule has 2 aromatic rings. The Labute approximate surface area is 130 Å². The zero-order valence-electron chi connectivity index (χ0n) is 10.8. The summed E-state index contributed by atoms with van der Waals surface area (Å²) in [5.41, 5.74) is 0. The van der Waals surface area contributed by atoms with Gasteiger partial charge >= 0.3 is 0 Å². The van der Waals surface area contributed by atoms with Crippen molar-refractivity contribution in [3.63, 3.8) is 0 Å². The summed E-state index contributed by atoms with van der Waals surface area (Å²) in [5.74, 6) is 2.02. The summed E-state index contributed by atoms with van der Waals surface area (Å²) in [5, 5.41) is 0.342. The van der Waals surface area contributed by atoms with Crippen molar-refractivity contribution in [1.29, 1.82) is 0 Å². The van der Waals surface area contributed by atoms with E-state index in [9.17, 15) is 4.79 Å². The Morgan fingerprint density at radius 3 is 2.95 bits per heavy atom. The molecule has 20 heavy (non-hydrogen) atoms. The van der Waals surface area contributed by atoms with Gasteiger partial charge in [-0.15, -0.1) is 23.1 Å². The minimum Gasteiger partial charge on any atom is -0.468 e. The van der Waals surface area contributed by atoms with E-state index in [1.165, 1.54) is 11.3 Å². The van der Waals surface area contributed by atoms with E-state index < -0.39 is 0 Å². The average molecular weight is 328 g/mol. The predicted octanol–water partition coefficient (Wildman–Crippen LogP) is 4.31. The van der Waals surface area contributed by atoms with E-state index in [2.05, 4.69) is 0 Å². The van der Waals surface area contributed by atoms with E-state index in [4.69, 9.17) is 16.0 Å². The summed E-state index contributed by atoms with van der Waals surface area (Å²) >= 11 is 9.09. The lowest BCUT2D eigenvalue weighted by atomic mass is 10.2. The molecule has 0 spiro atoms. The Kier molecular flexibility index (Phi) is 4.38. The number of rotatable bonds is 2. The molecule has 2 aromatic heterocycles. The topological polar surface area (TPSA) is 33.5 Å². The van der Waals surface area contributed by atoms with Crippen LogP contribution < -0.4 is 0 Å².